The molecule has 0 aromatic rings. The van der Waals surface area contributed by atoms with E-state index in [0.717, 1.165) is 37.2 Å². The summed E-state index contributed by atoms with van der Waals surface area (Å²) in [4.78, 5) is 0. The molecule has 0 radical (unpaired) electrons. The third-order valence-corrected chi connectivity index (χ3v) is 7.27. The van der Waals surface area contributed by atoms with Gasteiger partial charge in [0.2, 0.25) is 0 Å². The topological polar surface area (TPSA) is 33.0 Å². The van der Waals surface area contributed by atoms with E-state index in [1.807, 2.05) is 6.08 Å². The Hall–Kier alpha value is -1.14. The Balaban J connectivity index is 1.48. The number of halogens is 1. The quantitative estimate of drug-likeness (QED) is 0.171. The molecule has 0 aromatic heterocycles. The number of nitriles is 1. The van der Waals surface area contributed by atoms with Crippen LogP contribution in [0.15, 0.2) is 24.1 Å². The van der Waals surface area contributed by atoms with E-state index in [9.17, 15) is 4.39 Å². The van der Waals surface area contributed by atoms with Crippen molar-refractivity contribution in [2.24, 2.45) is 17.8 Å². The van der Waals surface area contributed by atoms with E-state index in [1.54, 1.807) is 6.08 Å². The van der Waals surface area contributed by atoms with Crippen molar-refractivity contribution in [1.29, 1.82) is 5.26 Å². The average Bonchev–Trinajstić information content (AvgIpc) is 2.78. The highest BCUT2D eigenvalue weighted by Gasteiger charge is 2.24. The molecule has 2 nitrogen and oxygen atoms in total. The second kappa shape index (κ2) is 15.6. The van der Waals surface area contributed by atoms with Crippen molar-refractivity contribution in [3.8, 4) is 6.07 Å². The van der Waals surface area contributed by atoms with E-state index in [-0.39, 0.29) is 0 Å². The highest BCUT2D eigenvalue weighted by Crippen LogP contribution is 2.34. The van der Waals surface area contributed by atoms with Crippen molar-refractivity contribution < 1.29 is 9.13 Å². The lowest BCUT2D eigenvalue weighted by atomic mass is 9.80. The molecule has 2 saturated carbocycles. The first-order chi connectivity index (χ1) is 14.7. The Bertz CT molecular complexity index is 534. The highest BCUT2D eigenvalue weighted by molar-refractivity contribution is 5.18. The van der Waals surface area contributed by atoms with Gasteiger partial charge in [-0.2, -0.15) is 9.65 Å². The summed E-state index contributed by atoms with van der Waals surface area (Å²) in [7, 11) is 0. The summed E-state index contributed by atoms with van der Waals surface area (Å²) >= 11 is 0. The van der Waals surface area contributed by atoms with Crippen LogP contribution in [0.3, 0.4) is 0 Å². The Kier molecular flexibility index (Phi) is 13.1. The minimum absolute atomic E-state index is 0.473. The summed E-state index contributed by atoms with van der Waals surface area (Å²) in [6.07, 6.45) is 26.5. The molecule has 2 fully saturated rings. The van der Waals surface area contributed by atoms with Crippen molar-refractivity contribution in [3.05, 3.63) is 24.1 Å². The van der Waals surface area contributed by atoms with E-state index in [4.69, 9.17) is 10.00 Å². The molecule has 2 rings (SSSR count). The third kappa shape index (κ3) is 10.8. The van der Waals surface area contributed by atoms with E-state index in [1.165, 1.54) is 102 Å². The molecule has 0 saturated heterocycles. The number of hydrogen-bond acceptors (Lipinski definition) is 2. The standard InChI is InChI=1S/C27H44FNO/c1-2-3-4-5-7-10-23-13-15-25(16-14-23)22-30-27-19-17-24(18-20-27)11-8-6-9-12-26(28)21-29/h6,9,12,23-25,27H,2-5,7-8,10-11,13-20,22H2,1H3/t23-,24-,25-,27-. The van der Waals surface area contributed by atoms with Crippen LogP contribution >= 0.6 is 0 Å². The first kappa shape index (κ1) is 25.1. The molecule has 3 heteroatoms. The van der Waals surface area contributed by atoms with Crippen LogP contribution in [0.2, 0.25) is 0 Å². The summed E-state index contributed by atoms with van der Waals surface area (Å²) in [6, 6.07) is 1.49. The van der Waals surface area contributed by atoms with Crippen molar-refractivity contribution in [1.82, 2.24) is 0 Å². The number of nitrogens with zero attached hydrogens (tertiary/aromatic N) is 1. The summed E-state index contributed by atoms with van der Waals surface area (Å²) in [5.41, 5.74) is 0. The molecule has 0 bridgehead atoms. The number of unbranched alkanes of at least 4 members (excludes halogenated alkanes) is 4. The average molecular weight is 418 g/mol. The fourth-order valence-corrected chi connectivity index (χ4v) is 5.20. The van der Waals surface area contributed by atoms with Crippen LogP contribution in [0.4, 0.5) is 4.39 Å². The van der Waals surface area contributed by atoms with Gasteiger partial charge in [-0.05, 0) is 75.2 Å². The van der Waals surface area contributed by atoms with Crippen LogP contribution in [-0.2, 0) is 4.74 Å². The van der Waals surface area contributed by atoms with Gasteiger partial charge in [-0.1, -0.05) is 70.4 Å². The van der Waals surface area contributed by atoms with Crippen molar-refractivity contribution in [2.45, 2.75) is 116 Å². The van der Waals surface area contributed by atoms with Crippen LogP contribution in [-0.4, -0.2) is 12.7 Å². The highest BCUT2D eigenvalue weighted by atomic mass is 19.1. The second-order valence-corrected chi connectivity index (χ2v) is 9.70. The Morgan fingerprint density at radius 1 is 0.900 bits per heavy atom. The fourth-order valence-electron chi connectivity index (χ4n) is 5.20. The van der Waals surface area contributed by atoms with Crippen LogP contribution in [0, 0.1) is 29.1 Å². The molecule has 0 atom stereocenters. The van der Waals surface area contributed by atoms with Gasteiger partial charge >= 0.3 is 0 Å². The zero-order chi connectivity index (χ0) is 21.4. The van der Waals surface area contributed by atoms with Gasteiger partial charge in [-0.3, -0.25) is 0 Å². The molecule has 0 amide bonds. The van der Waals surface area contributed by atoms with Gasteiger partial charge < -0.3 is 4.74 Å². The SMILES string of the molecule is CCCCCCC[C@H]1CC[C@H](CO[C@H]2CC[C@H](CCC=CC=C(F)C#N)CC2)CC1. The second-order valence-electron chi connectivity index (χ2n) is 9.70. The summed E-state index contributed by atoms with van der Waals surface area (Å²) in [6.45, 7) is 3.27. The van der Waals surface area contributed by atoms with Gasteiger partial charge in [0.1, 0.15) is 6.07 Å². The monoisotopic (exact) mass is 417 g/mol. The lowest BCUT2D eigenvalue weighted by Gasteiger charge is -2.32. The zero-order valence-corrected chi connectivity index (χ0v) is 19.3. The van der Waals surface area contributed by atoms with Crippen LogP contribution < -0.4 is 0 Å². The molecular weight excluding hydrogens is 373 g/mol. The van der Waals surface area contributed by atoms with Gasteiger partial charge in [0.15, 0.2) is 5.83 Å². The fraction of sp³-hybridized carbons (Fsp3) is 0.815. The molecule has 0 N–H and O–H groups in total. The Morgan fingerprint density at radius 2 is 1.53 bits per heavy atom. The number of ether oxygens (including phenoxy) is 1. The maximum absolute atomic E-state index is 12.7. The van der Waals surface area contributed by atoms with Crippen LogP contribution in [0.5, 0.6) is 0 Å². The number of allylic oxidation sites excluding steroid dienone is 4. The normalized spacial score (nSPS) is 28.0. The smallest absolute Gasteiger partial charge is 0.199 e. The minimum atomic E-state index is -0.722. The van der Waals surface area contributed by atoms with E-state index in [2.05, 4.69) is 6.92 Å². The first-order valence-electron chi connectivity index (χ1n) is 12.7. The van der Waals surface area contributed by atoms with Gasteiger partial charge in [0.25, 0.3) is 0 Å². The Morgan fingerprint density at radius 3 is 2.23 bits per heavy atom. The van der Waals surface area contributed by atoms with Gasteiger partial charge in [0, 0.05) is 6.61 Å². The van der Waals surface area contributed by atoms with E-state index in [0.29, 0.717) is 6.10 Å². The van der Waals surface area contributed by atoms with E-state index < -0.39 is 5.83 Å². The van der Waals surface area contributed by atoms with Crippen molar-refractivity contribution >= 4 is 0 Å². The van der Waals surface area contributed by atoms with Gasteiger partial charge in [-0.15, -0.1) is 0 Å². The van der Waals surface area contributed by atoms with Crippen molar-refractivity contribution in [2.75, 3.05) is 6.61 Å². The molecule has 0 unspecified atom stereocenters. The maximum Gasteiger partial charge on any atom is 0.199 e. The third-order valence-electron chi connectivity index (χ3n) is 7.27. The predicted octanol–water partition coefficient (Wildman–Crippen LogP) is 8.44. The molecule has 0 aromatic carbocycles. The number of hydrogen-bond donors (Lipinski definition) is 0. The predicted molar refractivity (Wildman–Crippen MR) is 124 cm³/mol. The molecule has 0 heterocycles. The molecule has 170 valence electrons. The van der Waals surface area contributed by atoms with Crippen LogP contribution in [0.25, 0.3) is 0 Å². The molecule has 0 spiro atoms. The lowest BCUT2D eigenvalue weighted by molar-refractivity contribution is -0.0102. The zero-order valence-electron chi connectivity index (χ0n) is 19.3. The summed E-state index contributed by atoms with van der Waals surface area (Å²) < 4.78 is 19.0. The van der Waals surface area contributed by atoms with E-state index >= 15 is 0 Å². The largest absolute Gasteiger partial charge is 0.378 e. The lowest BCUT2D eigenvalue weighted by Crippen LogP contribution is -2.26. The first-order valence-corrected chi connectivity index (χ1v) is 12.7. The van der Waals surface area contributed by atoms with Crippen molar-refractivity contribution in [3.63, 3.8) is 0 Å². The van der Waals surface area contributed by atoms with Crippen LogP contribution in [0.1, 0.15) is 110 Å². The molecule has 2 aliphatic carbocycles. The molecule has 30 heavy (non-hydrogen) atoms. The molecule has 0 aliphatic heterocycles. The van der Waals surface area contributed by atoms with Gasteiger partial charge in [-0.25, -0.2) is 0 Å². The molecular formula is C27H44FNO. The van der Waals surface area contributed by atoms with Gasteiger partial charge in [0.05, 0.1) is 6.10 Å². The number of rotatable bonds is 13. The summed E-state index contributed by atoms with van der Waals surface area (Å²) in [5, 5.41) is 8.37. The summed E-state index contributed by atoms with van der Waals surface area (Å²) in [5.74, 6) is 1.83. The Labute approximate surface area is 185 Å². The minimum Gasteiger partial charge on any atom is -0.378 e. The maximum atomic E-state index is 12.7. The molecule has 2 aliphatic rings.